The molecule has 18 heteroatoms. The Bertz CT molecular complexity index is 2520. The van der Waals surface area contributed by atoms with Gasteiger partial charge in [0.25, 0.3) is 0 Å². The molecule has 17 nitrogen and oxygen atoms in total. The highest BCUT2D eigenvalue weighted by molar-refractivity contribution is 7.18. The van der Waals surface area contributed by atoms with Crippen LogP contribution in [-0.4, -0.2) is 111 Å². The number of nitrogens with zero attached hydrogens (tertiary/aromatic N) is 8. The van der Waals surface area contributed by atoms with E-state index in [0.29, 0.717) is 44.0 Å². The van der Waals surface area contributed by atoms with Gasteiger partial charge in [-0.15, -0.1) is 10.2 Å². The maximum Gasteiger partial charge on any atom is 0.230 e. The first kappa shape index (κ1) is 39.3. The zero-order valence-electron chi connectivity index (χ0n) is 32.4. The van der Waals surface area contributed by atoms with Crippen LogP contribution in [0.1, 0.15) is 59.4 Å². The summed E-state index contributed by atoms with van der Waals surface area (Å²) in [5.74, 6) is -3.84. The van der Waals surface area contributed by atoms with Gasteiger partial charge in [0.05, 0.1) is 71.3 Å². The maximum atomic E-state index is 13.4. The van der Waals surface area contributed by atoms with E-state index >= 15 is 0 Å². The Kier molecular flexibility index (Phi) is 11.1. The lowest BCUT2D eigenvalue weighted by atomic mass is 9.82. The van der Waals surface area contributed by atoms with E-state index in [4.69, 9.17) is 9.72 Å². The quantitative estimate of drug-likeness (QED) is 0.0875. The minimum Gasteiger partial charge on any atom is -0.382 e. The van der Waals surface area contributed by atoms with E-state index in [1.807, 2.05) is 23.1 Å². The molecule has 0 spiro atoms. The monoisotopic (exact) mass is 815 g/mol. The Balaban J connectivity index is 0.809. The van der Waals surface area contributed by atoms with Gasteiger partial charge < -0.3 is 25.2 Å². The van der Waals surface area contributed by atoms with Gasteiger partial charge in [-0.1, -0.05) is 23.5 Å². The van der Waals surface area contributed by atoms with E-state index in [0.717, 1.165) is 38.3 Å². The molecule has 1 aliphatic carbocycles. The van der Waals surface area contributed by atoms with Crippen LogP contribution < -0.4 is 20.9 Å². The Hall–Kier alpha value is -6.58. The van der Waals surface area contributed by atoms with Gasteiger partial charge in [-0.2, -0.15) is 10.4 Å². The number of hydrogen-bond donors (Lipinski definition) is 3. The Morgan fingerprint density at radius 2 is 1.83 bits per heavy atom. The SMILES string of the molecule is CC(C)Nc1cc(-c2ccc3cc(C#N)cnn23)ncc1-c1nnc(N2CCN(C(=O)CCOCCNc3cccc4c3C(=O)C(C3CCC(=O)NC3=O)C4=O)CC2)s1. The van der Waals surface area contributed by atoms with Gasteiger partial charge in [0, 0.05) is 68.3 Å². The molecule has 302 valence electrons. The van der Waals surface area contributed by atoms with Crippen molar-refractivity contribution in [1.82, 2.24) is 35.0 Å². The van der Waals surface area contributed by atoms with Gasteiger partial charge in [0.2, 0.25) is 22.9 Å². The van der Waals surface area contributed by atoms with E-state index < -0.39 is 35.2 Å². The van der Waals surface area contributed by atoms with Crippen LogP contribution >= 0.6 is 11.3 Å². The van der Waals surface area contributed by atoms with Gasteiger partial charge in [-0.05, 0) is 50.6 Å². The molecule has 59 heavy (non-hydrogen) atoms. The summed E-state index contributed by atoms with van der Waals surface area (Å²) in [5.41, 5.74) is 5.49. The Labute approximate surface area is 342 Å². The zero-order chi connectivity index (χ0) is 41.2. The maximum absolute atomic E-state index is 13.4. The lowest BCUT2D eigenvalue weighted by Crippen LogP contribution is -2.49. The Morgan fingerprint density at radius 3 is 2.61 bits per heavy atom. The highest BCUT2D eigenvalue weighted by Gasteiger charge is 2.48. The zero-order valence-corrected chi connectivity index (χ0v) is 33.3. The number of fused-ring (bicyclic) bond motifs is 2. The molecule has 8 rings (SSSR count). The summed E-state index contributed by atoms with van der Waals surface area (Å²) in [4.78, 5) is 72.4. The number of carbonyl (C=O) groups is 5. The van der Waals surface area contributed by atoms with E-state index in [9.17, 15) is 29.2 Å². The number of benzene rings is 1. The first-order valence-corrected chi connectivity index (χ1v) is 20.3. The number of piperidine rings is 1. The van der Waals surface area contributed by atoms with Crippen molar-refractivity contribution in [2.45, 2.75) is 39.2 Å². The third-order valence-electron chi connectivity index (χ3n) is 10.6. The van der Waals surface area contributed by atoms with Crippen LogP contribution in [0.4, 0.5) is 16.5 Å². The highest BCUT2D eigenvalue weighted by atomic mass is 32.1. The molecule has 3 aliphatic rings. The number of nitriles is 1. The molecular formula is C41H41N11O6S. The number of carbonyl (C=O) groups excluding carboxylic acids is 5. The number of pyridine rings is 1. The number of ether oxygens (including phenoxy) is 1. The molecule has 2 atom stereocenters. The predicted molar refractivity (Wildman–Crippen MR) is 218 cm³/mol. The third-order valence-corrected chi connectivity index (χ3v) is 11.7. The van der Waals surface area contributed by atoms with Crippen molar-refractivity contribution in [3.8, 4) is 28.0 Å². The van der Waals surface area contributed by atoms with Crippen LogP contribution in [0.3, 0.4) is 0 Å². The van der Waals surface area contributed by atoms with Crippen molar-refractivity contribution >= 4 is 62.6 Å². The summed E-state index contributed by atoms with van der Waals surface area (Å²) in [7, 11) is 0. The lowest BCUT2D eigenvalue weighted by molar-refractivity contribution is -0.137. The lowest BCUT2D eigenvalue weighted by Gasteiger charge is -2.34. The average molecular weight is 816 g/mol. The molecule has 5 aromatic rings. The first-order chi connectivity index (χ1) is 28.6. The van der Waals surface area contributed by atoms with Gasteiger partial charge in [-0.25, -0.2) is 4.52 Å². The standard InChI is InChI=1S/C41H41N11O6S/c1-23(2)46-30-19-31(32-8-6-25-18-24(20-42)21-45-52(25)32)44-22-28(30)40-48-49-41(59-40)51-14-12-50(13-15-51)34(54)10-16-58-17-11-43-29-5-3-4-26-35(29)38(56)36(37(26)55)27-7-9-33(53)47-39(27)57/h3-6,8,18-19,21-23,27,36,43H,7,9-17H2,1-2H3,(H,44,46)(H,47,53,57). The number of hydrogen-bond acceptors (Lipinski definition) is 15. The van der Waals surface area contributed by atoms with Crippen molar-refractivity contribution in [3.05, 3.63) is 71.5 Å². The molecule has 2 saturated heterocycles. The van der Waals surface area contributed by atoms with Crippen molar-refractivity contribution in [2.75, 3.05) is 61.5 Å². The first-order valence-electron chi connectivity index (χ1n) is 19.5. The number of nitrogens with one attached hydrogen (secondary N) is 3. The number of anilines is 3. The summed E-state index contributed by atoms with van der Waals surface area (Å²) in [5, 5.41) is 33.1. The van der Waals surface area contributed by atoms with Gasteiger partial charge in [0.15, 0.2) is 16.6 Å². The fraction of sp³-hybridized carbons (Fsp3) is 0.366. The fourth-order valence-electron chi connectivity index (χ4n) is 7.73. The van der Waals surface area contributed by atoms with Crippen molar-refractivity contribution in [3.63, 3.8) is 0 Å². The second-order valence-electron chi connectivity index (χ2n) is 14.9. The predicted octanol–water partition coefficient (Wildman–Crippen LogP) is 3.82. The van der Waals surface area contributed by atoms with E-state index in [-0.39, 0.29) is 55.6 Å². The molecule has 3 amide bonds. The smallest absolute Gasteiger partial charge is 0.230 e. The normalized spacial score (nSPS) is 18.0. The summed E-state index contributed by atoms with van der Waals surface area (Å²) >= 11 is 1.47. The van der Waals surface area contributed by atoms with Gasteiger partial charge >= 0.3 is 0 Å². The second-order valence-corrected chi connectivity index (χ2v) is 15.8. The number of rotatable bonds is 13. The number of amides is 3. The molecule has 6 heterocycles. The summed E-state index contributed by atoms with van der Waals surface area (Å²) < 4.78 is 7.51. The summed E-state index contributed by atoms with van der Waals surface area (Å²) in [6, 6.07) is 14.8. The molecule has 0 radical (unpaired) electrons. The molecular weight excluding hydrogens is 775 g/mol. The van der Waals surface area contributed by atoms with Gasteiger partial charge in [0.1, 0.15) is 6.07 Å². The topological polar surface area (TPSA) is 217 Å². The highest BCUT2D eigenvalue weighted by Crippen LogP contribution is 2.39. The van der Waals surface area contributed by atoms with E-state index in [1.54, 1.807) is 35.0 Å². The summed E-state index contributed by atoms with van der Waals surface area (Å²) in [6.45, 7) is 7.22. The van der Waals surface area contributed by atoms with Crippen LogP contribution in [0.2, 0.25) is 0 Å². The van der Waals surface area contributed by atoms with Crippen molar-refractivity contribution in [2.24, 2.45) is 11.8 Å². The number of imide groups is 1. The van der Waals surface area contributed by atoms with Crippen molar-refractivity contribution in [1.29, 1.82) is 5.26 Å². The van der Waals surface area contributed by atoms with Crippen LogP contribution in [0.5, 0.6) is 0 Å². The molecule has 2 unspecified atom stereocenters. The van der Waals surface area contributed by atoms with E-state index in [2.05, 4.69) is 56.1 Å². The minimum atomic E-state index is -1.14. The van der Waals surface area contributed by atoms with Crippen LogP contribution in [0.25, 0.3) is 27.5 Å². The summed E-state index contributed by atoms with van der Waals surface area (Å²) in [6.07, 6.45) is 3.79. The second kappa shape index (κ2) is 16.7. The molecule has 0 saturated carbocycles. The molecule has 4 aromatic heterocycles. The van der Waals surface area contributed by atoms with Crippen LogP contribution in [0.15, 0.2) is 54.9 Å². The van der Waals surface area contributed by atoms with E-state index in [1.165, 1.54) is 17.5 Å². The minimum absolute atomic E-state index is 0.00734. The third kappa shape index (κ3) is 7.98. The number of Topliss-reactive ketones (excluding diaryl/α,β-unsaturated/α-hetero) is 2. The Morgan fingerprint density at radius 1 is 1.00 bits per heavy atom. The molecule has 1 aromatic carbocycles. The molecule has 3 N–H and O–H groups in total. The molecule has 0 bridgehead atoms. The molecule has 2 fully saturated rings. The number of ketones is 2. The molecule has 2 aliphatic heterocycles. The van der Waals surface area contributed by atoms with Crippen LogP contribution in [-0.2, 0) is 19.1 Å². The number of piperazine rings is 1. The fourth-order valence-corrected chi connectivity index (χ4v) is 8.65. The largest absolute Gasteiger partial charge is 0.382 e. The van der Waals surface area contributed by atoms with Crippen LogP contribution in [0, 0.1) is 23.2 Å². The average Bonchev–Trinajstić information content (AvgIpc) is 3.96. The van der Waals surface area contributed by atoms with Crippen molar-refractivity contribution < 1.29 is 28.7 Å². The van der Waals surface area contributed by atoms with Gasteiger partial charge in [-0.3, -0.25) is 34.3 Å². The number of aromatic nitrogens is 5.